The Morgan fingerprint density at radius 3 is 2.94 bits per heavy atom. The second kappa shape index (κ2) is 5.67. The van der Waals surface area contributed by atoms with Crippen molar-refractivity contribution in [1.29, 1.82) is 0 Å². The summed E-state index contributed by atoms with van der Waals surface area (Å²) in [5, 5.41) is 13.8. The van der Waals surface area contributed by atoms with Gasteiger partial charge in [-0.25, -0.2) is 0 Å². The molecule has 1 fully saturated rings. The summed E-state index contributed by atoms with van der Waals surface area (Å²) in [6.45, 7) is 2.97. The van der Waals surface area contributed by atoms with Crippen LogP contribution in [0.2, 0.25) is 0 Å². The van der Waals surface area contributed by atoms with E-state index in [9.17, 15) is 9.90 Å². The molecule has 0 unspecified atom stereocenters. The van der Waals surface area contributed by atoms with Crippen LogP contribution in [0.5, 0.6) is 0 Å². The number of nitrogens with one attached hydrogen (secondary N) is 1. The maximum absolute atomic E-state index is 11.3. The molecule has 0 saturated carbocycles. The fraction of sp³-hybridized carbons (Fsp3) is 0.667. The summed E-state index contributed by atoms with van der Waals surface area (Å²) in [6.07, 6.45) is 5.62. The van der Waals surface area contributed by atoms with Gasteiger partial charge in [-0.1, -0.05) is 0 Å². The molecule has 2 heterocycles. The molecule has 17 heavy (non-hydrogen) atoms. The number of carbonyl (C=O) groups is 1. The molecule has 5 heteroatoms. The molecule has 1 radical (unpaired) electrons. The van der Waals surface area contributed by atoms with E-state index in [1.165, 1.54) is 5.36 Å². The molecule has 0 aliphatic carbocycles. The first-order chi connectivity index (χ1) is 8.23. The first kappa shape index (κ1) is 12.6. The van der Waals surface area contributed by atoms with Gasteiger partial charge in [0.25, 0.3) is 0 Å². The van der Waals surface area contributed by atoms with Gasteiger partial charge >= 0.3 is 103 Å². The van der Waals surface area contributed by atoms with Crippen LogP contribution in [0.25, 0.3) is 0 Å². The summed E-state index contributed by atoms with van der Waals surface area (Å²) in [5.74, 6) is 3.42. The van der Waals surface area contributed by atoms with Crippen molar-refractivity contribution in [3.8, 4) is 0 Å². The number of aliphatic carboxylic acids is 1. The summed E-state index contributed by atoms with van der Waals surface area (Å²) in [4.78, 5) is 11.3. The zero-order valence-corrected chi connectivity index (χ0v) is 10.1. The SMILES string of the molecule is O=C(O)[C@@]1(CCCCC2=BC=C[B]2)CCCN1. The molecular weight excluding hydrogens is 212 g/mol. The Balaban J connectivity index is 1.71. The third-order valence-corrected chi connectivity index (χ3v) is 3.70. The van der Waals surface area contributed by atoms with Crippen molar-refractivity contribution in [2.45, 2.75) is 44.1 Å². The molecule has 0 amide bonds. The molecule has 0 bridgehead atoms. The van der Waals surface area contributed by atoms with Crippen LogP contribution in [-0.2, 0) is 4.79 Å². The van der Waals surface area contributed by atoms with Gasteiger partial charge in [-0.15, -0.1) is 0 Å². The number of hydrogen-bond donors (Lipinski definition) is 2. The zero-order valence-electron chi connectivity index (χ0n) is 10.1. The van der Waals surface area contributed by atoms with E-state index in [-0.39, 0.29) is 0 Å². The summed E-state index contributed by atoms with van der Waals surface area (Å²) in [6, 6.07) is 0. The first-order valence-corrected chi connectivity index (χ1v) is 6.42. The van der Waals surface area contributed by atoms with Crippen LogP contribution in [0, 0.1) is 0 Å². The molecule has 89 valence electrons. The standard InChI is InChI=1S/C12H18B2NO2/c16-11(17)12(6-3-9-15-12)5-2-1-4-10-13-7-8-14-10/h7-8,15H,1-6,9H2,(H,16,17)/t12-/m1/s1. The van der Waals surface area contributed by atoms with E-state index in [4.69, 9.17) is 0 Å². The van der Waals surface area contributed by atoms with E-state index in [1.807, 2.05) is 12.0 Å². The fourth-order valence-electron chi connectivity index (χ4n) is 2.65. The third kappa shape index (κ3) is 3.09. The van der Waals surface area contributed by atoms with Crippen LogP contribution in [0.1, 0.15) is 38.5 Å². The van der Waals surface area contributed by atoms with Crippen LogP contribution in [-0.4, -0.2) is 42.7 Å². The van der Waals surface area contributed by atoms with E-state index in [0.29, 0.717) is 0 Å². The summed E-state index contributed by atoms with van der Waals surface area (Å²) in [5.41, 5.74) is -0.633. The second-order valence-electron chi connectivity index (χ2n) is 4.92. The summed E-state index contributed by atoms with van der Waals surface area (Å²) < 4.78 is 0. The Bertz CT molecular complexity index is 346. The molecule has 2 N–H and O–H groups in total. The molecule has 0 aromatic heterocycles. The molecule has 2 aliphatic rings. The predicted molar refractivity (Wildman–Crippen MR) is 71.7 cm³/mol. The Hall–Kier alpha value is -0.830. The average Bonchev–Trinajstić information content (AvgIpc) is 2.96. The van der Waals surface area contributed by atoms with Crippen molar-refractivity contribution in [1.82, 2.24) is 5.32 Å². The number of rotatable bonds is 6. The van der Waals surface area contributed by atoms with Gasteiger partial charge in [-0.05, 0) is 0 Å². The minimum absolute atomic E-state index is 0.633. The molecule has 0 aromatic carbocycles. The average molecular weight is 230 g/mol. The van der Waals surface area contributed by atoms with Crippen molar-refractivity contribution in [3.63, 3.8) is 0 Å². The van der Waals surface area contributed by atoms with Crippen LogP contribution in [0.15, 0.2) is 12.0 Å². The van der Waals surface area contributed by atoms with Gasteiger partial charge in [0, 0.05) is 0 Å². The fourth-order valence-corrected chi connectivity index (χ4v) is 2.65. The Morgan fingerprint density at radius 2 is 2.35 bits per heavy atom. The summed E-state index contributed by atoms with van der Waals surface area (Å²) in [7, 11) is 2.13. The summed E-state index contributed by atoms with van der Waals surface area (Å²) >= 11 is 0. The monoisotopic (exact) mass is 230 g/mol. The van der Waals surface area contributed by atoms with Gasteiger partial charge in [-0.3, -0.25) is 0 Å². The van der Waals surface area contributed by atoms with E-state index >= 15 is 0 Å². The third-order valence-electron chi connectivity index (χ3n) is 3.70. The van der Waals surface area contributed by atoms with Crippen LogP contribution in [0.3, 0.4) is 0 Å². The molecule has 3 nitrogen and oxygen atoms in total. The Kier molecular flexibility index (Phi) is 4.21. The van der Waals surface area contributed by atoms with Gasteiger partial charge in [0.05, 0.1) is 0 Å². The van der Waals surface area contributed by atoms with E-state index in [2.05, 4.69) is 19.5 Å². The minimum atomic E-state index is -0.677. The molecule has 2 aliphatic heterocycles. The second-order valence-corrected chi connectivity index (χ2v) is 4.92. The number of hydrogen-bond acceptors (Lipinski definition) is 2. The number of carboxylic acids is 1. The van der Waals surface area contributed by atoms with Gasteiger partial charge in [0.1, 0.15) is 0 Å². The van der Waals surface area contributed by atoms with E-state index < -0.39 is 11.5 Å². The molecular formula is C12H18B2NO2. The van der Waals surface area contributed by atoms with Crippen molar-refractivity contribution >= 4 is 25.5 Å². The topological polar surface area (TPSA) is 49.3 Å². The van der Waals surface area contributed by atoms with Gasteiger partial charge < -0.3 is 0 Å². The maximum atomic E-state index is 11.3. The Labute approximate surface area is 104 Å². The van der Waals surface area contributed by atoms with Crippen molar-refractivity contribution in [2.75, 3.05) is 6.54 Å². The van der Waals surface area contributed by atoms with Crippen LogP contribution < -0.4 is 5.32 Å². The van der Waals surface area contributed by atoms with Gasteiger partial charge in [-0.2, -0.15) is 0 Å². The number of carboxylic acid groups (broad SMARTS) is 1. The number of unbranched alkanes of at least 4 members (excludes halogenated alkanes) is 1. The predicted octanol–water partition coefficient (Wildman–Crippen LogP) is 0.777. The molecule has 1 atom stereocenters. The quantitative estimate of drug-likeness (QED) is 0.523. The first-order valence-electron chi connectivity index (χ1n) is 6.42. The van der Waals surface area contributed by atoms with E-state index in [0.717, 1.165) is 45.1 Å². The molecule has 2 rings (SSSR count). The van der Waals surface area contributed by atoms with Crippen molar-refractivity contribution in [3.05, 3.63) is 12.0 Å². The van der Waals surface area contributed by atoms with E-state index in [1.54, 1.807) is 0 Å². The van der Waals surface area contributed by atoms with Gasteiger partial charge in [0.15, 0.2) is 0 Å². The zero-order chi connectivity index (χ0) is 12.1. The van der Waals surface area contributed by atoms with Crippen molar-refractivity contribution in [2.24, 2.45) is 0 Å². The van der Waals surface area contributed by atoms with Gasteiger partial charge in [0.2, 0.25) is 0 Å². The Morgan fingerprint density at radius 1 is 1.47 bits per heavy atom. The molecule has 1 saturated heterocycles. The van der Waals surface area contributed by atoms with Crippen LogP contribution in [0.4, 0.5) is 0 Å². The van der Waals surface area contributed by atoms with Crippen LogP contribution >= 0.6 is 0 Å². The molecule has 0 spiro atoms. The van der Waals surface area contributed by atoms with Crippen molar-refractivity contribution < 1.29 is 9.90 Å². The normalized spacial score (nSPS) is 26.5. The molecule has 0 aromatic rings.